The first-order chi connectivity index (χ1) is 16.7. The molecule has 1 unspecified atom stereocenters. The van der Waals surface area contributed by atoms with Crippen molar-refractivity contribution >= 4 is 11.4 Å². The van der Waals surface area contributed by atoms with Crippen molar-refractivity contribution in [2.24, 2.45) is 0 Å². The van der Waals surface area contributed by atoms with E-state index in [0.717, 1.165) is 23.5 Å². The molecule has 1 N–H and O–H groups in total. The number of hydrogen-bond acceptors (Lipinski definition) is 4. The van der Waals surface area contributed by atoms with Crippen molar-refractivity contribution in [3.05, 3.63) is 89.7 Å². The molecule has 1 fully saturated rings. The molecule has 0 spiro atoms. The molecule has 0 aromatic heterocycles. The summed E-state index contributed by atoms with van der Waals surface area (Å²) in [5.41, 5.74) is 0.00307. The molecule has 3 aromatic rings. The van der Waals surface area contributed by atoms with Gasteiger partial charge in [0.25, 0.3) is 0 Å². The second-order valence-corrected chi connectivity index (χ2v) is 9.21. The van der Waals surface area contributed by atoms with Gasteiger partial charge in [-0.3, -0.25) is 4.90 Å². The first-order valence-corrected chi connectivity index (χ1v) is 11.6. The molecule has 2 heterocycles. The van der Waals surface area contributed by atoms with E-state index in [1.54, 1.807) is 12.1 Å². The van der Waals surface area contributed by atoms with E-state index in [-0.39, 0.29) is 11.9 Å². The molecule has 35 heavy (non-hydrogen) atoms. The molecule has 5 rings (SSSR count). The van der Waals surface area contributed by atoms with Crippen molar-refractivity contribution in [2.75, 3.05) is 31.1 Å². The molecule has 0 saturated carbocycles. The van der Waals surface area contributed by atoms with Gasteiger partial charge in [0.2, 0.25) is 0 Å². The molecule has 2 aliphatic heterocycles. The van der Waals surface area contributed by atoms with Crippen molar-refractivity contribution in [1.29, 1.82) is 0 Å². The second kappa shape index (κ2) is 9.17. The summed E-state index contributed by atoms with van der Waals surface area (Å²) in [6.07, 6.45) is -4.07. The van der Waals surface area contributed by atoms with Gasteiger partial charge in [-0.2, -0.15) is 13.2 Å². The predicted molar refractivity (Wildman–Crippen MR) is 125 cm³/mol. The van der Waals surface area contributed by atoms with Crippen LogP contribution in [0, 0.1) is 5.82 Å². The highest BCUT2D eigenvalue weighted by molar-refractivity contribution is 5.70. The largest absolute Gasteiger partial charge is 0.485 e. The van der Waals surface area contributed by atoms with Crippen LogP contribution in [-0.4, -0.2) is 42.3 Å². The van der Waals surface area contributed by atoms with Gasteiger partial charge in [-0.05, 0) is 54.8 Å². The Kier molecular flexibility index (Phi) is 6.19. The first kappa shape index (κ1) is 23.6. The summed E-state index contributed by atoms with van der Waals surface area (Å²) in [7, 11) is 0. The van der Waals surface area contributed by atoms with E-state index >= 15 is 0 Å². The third kappa shape index (κ3) is 4.99. The van der Waals surface area contributed by atoms with E-state index in [4.69, 9.17) is 4.74 Å². The van der Waals surface area contributed by atoms with Gasteiger partial charge in [0.05, 0.1) is 23.4 Å². The smallest absolute Gasteiger partial charge is 0.416 e. The molecule has 0 aliphatic carbocycles. The fraction of sp³-hybridized carbons (Fsp3) is 0.333. The number of fused-ring (bicyclic) bond motifs is 1. The Morgan fingerprint density at radius 3 is 2.40 bits per heavy atom. The molecule has 8 heteroatoms. The summed E-state index contributed by atoms with van der Waals surface area (Å²) in [6, 6.07) is 19.3. The van der Waals surface area contributed by atoms with Crippen molar-refractivity contribution in [3.63, 3.8) is 0 Å². The summed E-state index contributed by atoms with van der Waals surface area (Å²) in [5.74, 6) is 0.101. The van der Waals surface area contributed by atoms with Crippen molar-refractivity contribution in [1.82, 2.24) is 4.90 Å². The number of rotatable bonds is 4. The maximum atomic E-state index is 14.0. The van der Waals surface area contributed by atoms with Crippen LogP contribution in [0.1, 0.15) is 24.0 Å². The van der Waals surface area contributed by atoms with Gasteiger partial charge in [0.1, 0.15) is 17.7 Å². The Morgan fingerprint density at radius 2 is 1.69 bits per heavy atom. The lowest BCUT2D eigenvalue weighted by atomic mass is 9.83. The van der Waals surface area contributed by atoms with E-state index in [1.165, 1.54) is 18.2 Å². The number of halogens is 4. The quantitative estimate of drug-likeness (QED) is 0.478. The number of ether oxygens (including phenoxy) is 1. The SMILES string of the molecule is OC1(c2cccc(C(F)(F)F)c2)CCN(CC2CN(c3ccccc3)c3ccc(F)cc3O2)CC1. The van der Waals surface area contributed by atoms with Gasteiger partial charge >= 0.3 is 6.18 Å². The summed E-state index contributed by atoms with van der Waals surface area (Å²) >= 11 is 0. The lowest BCUT2D eigenvalue weighted by Crippen LogP contribution is -2.49. The lowest BCUT2D eigenvalue weighted by molar-refractivity contribution is -0.137. The predicted octanol–water partition coefficient (Wildman–Crippen LogP) is 5.73. The fourth-order valence-electron chi connectivity index (χ4n) is 4.94. The summed E-state index contributed by atoms with van der Waals surface area (Å²) in [5, 5.41) is 11.1. The molecule has 0 bridgehead atoms. The minimum absolute atomic E-state index is 0.246. The highest BCUT2D eigenvalue weighted by Crippen LogP contribution is 2.40. The Bertz CT molecular complexity index is 1180. The molecule has 0 amide bonds. The minimum Gasteiger partial charge on any atom is -0.485 e. The number of anilines is 2. The fourth-order valence-corrected chi connectivity index (χ4v) is 4.94. The molecular formula is C27H26F4N2O2. The third-order valence-corrected chi connectivity index (χ3v) is 6.83. The van der Waals surface area contributed by atoms with Crippen LogP contribution >= 0.6 is 0 Å². The van der Waals surface area contributed by atoms with E-state index in [1.807, 2.05) is 30.3 Å². The second-order valence-electron chi connectivity index (χ2n) is 9.21. The van der Waals surface area contributed by atoms with Gasteiger partial charge in [0.15, 0.2) is 0 Å². The van der Waals surface area contributed by atoms with E-state index in [0.29, 0.717) is 50.3 Å². The van der Waals surface area contributed by atoms with Crippen LogP contribution in [0.25, 0.3) is 0 Å². The first-order valence-electron chi connectivity index (χ1n) is 11.6. The highest BCUT2D eigenvalue weighted by Gasteiger charge is 2.38. The van der Waals surface area contributed by atoms with Gasteiger partial charge < -0.3 is 14.7 Å². The van der Waals surface area contributed by atoms with Crippen LogP contribution < -0.4 is 9.64 Å². The van der Waals surface area contributed by atoms with E-state index in [2.05, 4.69) is 9.80 Å². The van der Waals surface area contributed by atoms with E-state index < -0.39 is 17.3 Å². The number of likely N-dealkylation sites (tertiary alicyclic amines) is 1. The van der Waals surface area contributed by atoms with Crippen molar-refractivity contribution in [3.8, 4) is 5.75 Å². The molecule has 1 atom stereocenters. The van der Waals surface area contributed by atoms with Gasteiger partial charge in [-0.1, -0.05) is 30.3 Å². The maximum absolute atomic E-state index is 14.0. The Balaban J connectivity index is 1.29. The molecule has 2 aliphatic rings. The standard InChI is InChI=1S/C27H26F4N2O2/c28-21-9-10-24-25(16-21)35-23(18-33(24)22-7-2-1-3-8-22)17-32-13-11-26(34,12-14-32)19-5-4-6-20(15-19)27(29,30)31/h1-10,15-16,23,34H,11-14,17-18H2. The number of alkyl halides is 3. The van der Waals surface area contributed by atoms with Gasteiger partial charge in [-0.25, -0.2) is 4.39 Å². The summed E-state index contributed by atoms with van der Waals surface area (Å²) in [6.45, 7) is 2.14. The molecular weight excluding hydrogens is 460 g/mol. The van der Waals surface area contributed by atoms with Crippen LogP contribution in [0.2, 0.25) is 0 Å². The van der Waals surface area contributed by atoms with Crippen LogP contribution in [0.15, 0.2) is 72.8 Å². The van der Waals surface area contributed by atoms with Gasteiger partial charge in [-0.15, -0.1) is 0 Å². The zero-order valence-electron chi connectivity index (χ0n) is 19.0. The van der Waals surface area contributed by atoms with Crippen molar-refractivity contribution in [2.45, 2.75) is 30.7 Å². The molecule has 1 saturated heterocycles. The van der Waals surface area contributed by atoms with Crippen LogP contribution in [0.4, 0.5) is 28.9 Å². The Hall–Kier alpha value is -3.10. The number of nitrogens with zero attached hydrogens (tertiary/aromatic N) is 2. The number of para-hydroxylation sites is 1. The average Bonchev–Trinajstić information content (AvgIpc) is 2.85. The topological polar surface area (TPSA) is 35.9 Å². The lowest BCUT2D eigenvalue weighted by Gasteiger charge is -2.42. The van der Waals surface area contributed by atoms with Gasteiger partial charge in [0, 0.05) is 31.4 Å². The molecule has 0 radical (unpaired) electrons. The molecule has 4 nitrogen and oxygen atoms in total. The molecule has 184 valence electrons. The molecule has 3 aromatic carbocycles. The monoisotopic (exact) mass is 486 g/mol. The zero-order chi connectivity index (χ0) is 24.6. The third-order valence-electron chi connectivity index (χ3n) is 6.83. The number of aliphatic hydroxyl groups is 1. The summed E-state index contributed by atoms with van der Waals surface area (Å²) in [4.78, 5) is 4.24. The van der Waals surface area contributed by atoms with Crippen LogP contribution in [-0.2, 0) is 11.8 Å². The Labute approximate surface area is 201 Å². The van der Waals surface area contributed by atoms with E-state index in [9.17, 15) is 22.7 Å². The minimum atomic E-state index is -4.45. The maximum Gasteiger partial charge on any atom is 0.416 e. The van der Waals surface area contributed by atoms with Crippen LogP contribution in [0.3, 0.4) is 0 Å². The normalized spacial score (nSPS) is 20.3. The average molecular weight is 487 g/mol. The van der Waals surface area contributed by atoms with Crippen molar-refractivity contribution < 1.29 is 27.4 Å². The number of hydrogen-bond donors (Lipinski definition) is 1. The number of piperidine rings is 1. The van der Waals surface area contributed by atoms with Crippen LogP contribution in [0.5, 0.6) is 5.75 Å². The highest BCUT2D eigenvalue weighted by atomic mass is 19.4. The zero-order valence-corrected chi connectivity index (χ0v) is 19.0. The Morgan fingerprint density at radius 1 is 0.943 bits per heavy atom. The number of benzene rings is 3. The summed E-state index contributed by atoms with van der Waals surface area (Å²) < 4.78 is 59.5.